The van der Waals surface area contributed by atoms with Crippen molar-refractivity contribution >= 4 is 28.8 Å². The van der Waals surface area contributed by atoms with Crippen LogP contribution >= 0.6 is 0 Å². The van der Waals surface area contributed by atoms with Gasteiger partial charge >= 0.3 is 0 Å². The lowest BCUT2D eigenvalue weighted by molar-refractivity contribution is -0.120. The van der Waals surface area contributed by atoms with E-state index >= 15 is 0 Å². The van der Waals surface area contributed by atoms with Gasteiger partial charge in [0, 0.05) is 0 Å². The Labute approximate surface area is 192 Å². The van der Waals surface area contributed by atoms with Crippen molar-refractivity contribution in [1.82, 2.24) is 0 Å². The highest BCUT2D eigenvalue weighted by Crippen LogP contribution is 2.36. The third-order valence-electron chi connectivity index (χ3n) is 5.58. The predicted octanol–water partition coefficient (Wildman–Crippen LogP) is 4.97. The maximum Gasteiger partial charge on any atom is 0.282 e. The normalized spacial score (nSPS) is 13.3. The summed E-state index contributed by atoms with van der Waals surface area (Å²) in [4.78, 5) is 28.3. The Kier molecular flexibility index (Phi) is 5.97. The van der Waals surface area contributed by atoms with Crippen LogP contribution in [0.2, 0.25) is 0 Å². The summed E-state index contributed by atoms with van der Waals surface area (Å²) < 4.78 is 5.70. The number of carbonyl (C=O) groups excluding carboxylic acids is 2. The minimum absolute atomic E-state index is 0.180. The lowest BCUT2D eigenvalue weighted by Crippen LogP contribution is -2.32. The molecule has 0 fully saturated rings. The fourth-order valence-corrected chi connectivity index (χ4v) is 3.72. The van der Waals surface area contributed by atoms with E-state index in [1.807, 2.05) is 63.2 Å². The highest BCUT2D eigenvalue weighted by molar-refractivity contribution is 6.46. The number of amides is 2. The minimum Gasteiger partial charge on any atom is -0.492 e. The van der Waals surface area contributed by atoms with Gasteiger partial charge in [0.25, 0.3) is 11.8 Å². The average molecular weight is 437 g/mol. The number of para-hydroxylation sites is 2. The molecule has 4 rings (SSSR count). The van der Waals surface area contributed by atoms with Crippen LogP contribution in [0.3, 0.4) is 0 Å². The highest BCUT2D eigenvalue weighted by atomic mass is 16.5. The molecule has 0 aliphatic carbocycles. The summed E-state index contributed by atoms with van der Waals surface area (Å²) in [7, 11) is 0. The molecule has 3 aromatic carbocycles. The van der Waals surface area contributed by atoms with Crippen molar-refractivity contribution in [2.75, 3.05) is 16.8 Å². The van der Waals surface area contributed by atoms with Crippen molar-refractivity contribution in [3.63, 3.8) is 0 Å². The zero-order chi connectivity index (χ0) is 23.5. The van der Waals surface area contributed by atoms with Crippen molar-refractivity contribution in [3.05, 3.63) is 94.7 Å². The third kappa shape index (κ3) is 4.09. The van der Waals surface area contributed by atoms with Gasteiger partial charge in [-0.05, 0) is 73.9 Å². The van der Waals surface area contributed by atoms with Gasteiger partial charge in [-0.15, -0.1) is 0 Å². The number of ether oxygens (including phenoxy) is 1. The van der Waals surface area contributed by atoms with Crippen LogP contribution in [-0.2, 0) is 9.59 Å². The Balaban J connectivity index is 1.84. The van der Waals surface area contributed by atoms with Crippen LogP contribution in [0, 0.1) is 25.2 Å². The molecule has 0 atom stereocenters. The zero-order valence-electron chi connectivity index (χ0n) is 18.7. The fraction of sp³-hybridized carbons (Fsp3) is 0.148. The van der Waals surface area contributed by atoms with Crippen molar-refractivity contribution in [3.8, 4) is 11.8 Å². The largest absolute Gasteiger partial charge is 0.492 e. The van der Waals surface area contributed by atoms with Gasteiger partial charge in [-0.3, -0.25) is 9.59 Å². The summed E-state index contributed by atoms with van der Waals surface area (Å²) >= 11 is 0. The van der Waals surface area contributed by atoms with E-state index in [1.54, 1.807) is 30.3 Å². The number of hydrogen-bond donors (Lipinski definition) is 1. The second kappa shape index (κ2) is 9.01. The first-order chi connectivity index (χ1) is 15.9. The minimum atomic E-state index is -0.468. The van der Waals surface area contributed by atoms with Gasteiger partial charge in [-0.2, -0.15) is 5.26 Å². The van der Waals surface area contributed by atoms with E-state index in [-0.39, 0.29) is 5.70 Å². The molecule has 1 heterocycles. The van der Waals surface area contributed by atoms with Crippen LogP contribution in [0.4, 0.5) is 11.4 Å². The molecule has 6 heteroatoms. The number of anilines is 2. The van der Waals surface area contributed by atoms with E-state index in [0.29, 0.717) is 40.4 Å². The first-order valence-corrected chi connectivity index (χ1v) is 10.6. The quantitative estimate of drug-likeness (QED) is 0.551. The first kappa shape index (κ1) is 21.8. The summed E-state index contributed by atoms with van der Waals surface area (Å²) in [6.07, 6.45) is 0. The van der Waals surface area contributed by atoms with E-state index in [0.717, 1.165) is 16.0 Å². The number of aryl methyl sites for hydroxylation is 2. The van der Waals surface area contributed by atoms with Crippen molar-refractivity contribution in [2.24, 2.45) is 0 Å². The molecule has 0 radical (unpaired) electrons. The molecule has 0 aromatic heterocycles. The van der Waals surface area contributed by atoms with E-state index < -0.39 is 11.8 Å². The van der Waals surface area contributed by atoms with E-state index in [2.05, 4.69) is 5.32 Å². The Morgan fingerprint density at radius 3 is 2.33 bits per heavy atom. The Morgan fingerprint density at radius 1 is 0.939 bits per heavy atom. The molecule has 1 aliphatic rings. The van der Waals surface area contributed by atoms with Crippen LogP contribution in [0.15, 0.2) is 72.4 Å². The monoisotopic (exact) mass is 437 g/mol. The number of nitrogens with one attached hydrogen (secondary N) is 1. The van der Waals surface area contributed by atoms with Crippen LogP contribution in [0.25, 0.3) is 5.57 Å². The number of rotatable bonds is 6. The van der Waals surface area contributed by atoms with Gasteiger partial charge < -0.3 is 10.1 Å². The summed E-state index contributed by atoms with van der Waals surface area (Å²) in [5.41, 5.74) is 4.69. The molecule has 0 bridgehead atoms. The maximum atomic E-state index is 13.6. The van der Waals surface area contributed by atoms with Crippen LogP contribution in [0.1, 0.15) is 29.2 Å². The molecule has 3 aromatic rings. The molecule has 1 N–H and O–H groups in total. The summed E-state index contributed by atoms with van der Waals surface area (Å²) in [5, 5.41) is 12.3. The maximum absolute atomic E-state index is 13.6. The summed E-state index contributed by atoms with van der Waals surface area (Å²) in [6.45, 7) is 6.31. The van der Waals surface area contributed by atoms with Gasteiger partial charge in [0.15, 0.2) is 0 Å². The van der Waals surface area contributed by atoms with Gasteiger partial charge in [-0.25, -0.2) is 4.90 Å². The molecule has 0 saturated heterocycles. The summed E-state index contributed by atoms with van der Waals surface area (Å²) in [6, 6.07) is 21.4. The van der Waals surface area contributed by atoms with Gasteiger partial charge in [-0.1, -0.05) is 30.3 Å². The van der Waals surface area contributed by atoms with Gasteiger partial charge in [0.1, 0.15) is 11.4 Å². The number of imide groups is 1. The lowest BCUT2D eigenvalue weighted by Gasteiger charge is -2.16. The van der Waals surface area contributed by atoms with Crippen molar-refractivity contribution in [1.29, 1.82) is 5.26 Å². The van der Waals surface area contributed by atoms with Crippen molar-refractivity contribution < 1.29 is 14.3 Å². The van der Waals surface area contributed by atoms with Crippen molar-refractivity contribution in [2.45, 2.75) is 20.8 Å². The molecular weight excluding hydrogens is 414 g/mol. The second-order valence-corrected chi connectivity index (χ2v) is 7.71. The Morgan fingerprint density at radius 2 is 1.67 bits per heavy atom. The first-order valence-electron chi connectivity index (χ1n) is 10.6. The van der Waals surface area contributed by atoms with E-state index in [4.69, 9.17) is 10.00 Å². The number of nitrogens with zero attached hydrogens (tertiary/aromatic N) is 2. The fourth-order valence-electron chi connectivity index (χ4n) is 3.72. The van der Waals surface area contributed by atoms with Crippen LogP contribution in [-0.4, -0.2) is 18.4 Å². The third-order valence-corrected chi connectivity index (χ3v) is 5.58. The molecule has 2 amide bonds. The lowest BCUT2D eigenvalue weighted by atomic mass is 9.99. The Bertz CT molecular complexity index is 1320. The molecule has 0 unspecified atom stereocenters. The van der Waals surface area contributed by atoms with Gasteiger partial charge in [0.05, 0.1) is 35.2 Å². The SMILES string of the molecule is CCOc1ccccc1NC1=C(c2ccc(C)c(C)c2)C(=O)N(c2ccc(C#N)cc2)C1=O. The Hall–Kier alpha value is -4.37. The van der Waals surface area contributed by atoms with Crippen LogP contribution in [0.5, 0.6) is 5.75 Å². The molecule has 164 valence electrons. The van der Waals surface area contributed by atoms with E-state index in [9.17, 15) is 9.59 Å². The summed E-state index contributed by atoms with van der Waals surface area (Å²) in [5.74, 6) is -0.308. The average Bonchev–Trinajstić information content (AvgIpc) is 3.06. The zero-order valence-corrected chi connectivity index (χ0v) is 18.7. The molecule has 0 spiro atoms. The second-order valence-electron chi connectivity index (χ2n) is 7.71. The molecule has 0 saturated carbocycles. The smallest absolute Gasteiger partial charge is 0.282 e. The number of nitriles is 1. The molecule has 1 aliphatic heterocycles. The molecule has 6 nitrogen and oxygen atoms in total. The number of carbonyl (C=O) groups is 2. The standard InChI is InChI=1S/C27H23N3O3/c1-4-33-23-8-6-5-7-22(23)29-25-24(20-12-9-17(2)18(3)15-20)26(31)30(27(25)32)21-13-10-19(16-28)11-14-21/h5-15,29H,4H2,1-3H3. The van der Waals surface area contributed by atoms with E-state index in [1.165, 1.54) is 0 Å². The topological polar surface area (TPSA) is 82.4 Å². The predicted molar refractivity (Wildman–Crippen MR) is 128 cm³/mol. The van der Waals surface area contributed by atoms with Crippen LogP contribution < -0.4 is 15.0 Å². The van der Waals surface area contributed by atoms with Gasteiger partial charge in [0.2, 0.25) is 0 Å². The number of benzene rings is 3. The molecule has 33 heavy (non-hydrogen) atoms. The highest BCUT2D eigenvalue weighted by Gasteiger charge is 2.40. The number of hydrogen-bond acceptors (Lipinski definition) is 5. The molecular formula is C27H23N3O3.